The lowest BCUT2D eigenvalue weighted by molar-refractivity contribution is -0.126. The Morgan fingerprint density at radius 1 is 1.03 bits per heavy atom. The summed E-state index contributed by atoms with van der Waals surface area (Å²) < 4.78 is 30.0. The molecule has 0 aromatic heterocycles. The van der Waals surface area contributed by atoms with Gasteiger partial charge in [0, 0.05) is 31.1 Å². The van der Waals surface area contributed by atoms with Gasteiger partial charge in [-0.2, -0.15) is 8.42 Å². The van der Waals surface area contributed by atoms with E-state index in [0.717, 1.165) is 30.6 Å². The molecule has 3 aliphatic rings. The van der Waals surface area contributed by atoms with Crippen LogP contribution in [0.25, 0.3) is 4.91 Å². The summed E-state index contributed by atoms with van der Waals surface area (Å²) in [7, 11) is -3.73. The van der Waals surface area contributed by atoms with Crippen LogP contribution >= 0.6 is 0 Å². The number of sulfonamides is 1. The molecule has 7 nitrogen and oxygen atoms in total. The third-order valence-electron chi connectivity index (χ3n) is 7.47. The fourth-order valence-electron chi connectivity index (χ4n) is 5.26. The summed E-state index contributed by atoms with van der Waals surface area (Å²) in [6.07, 6.45) is 6.33. The van der Waals surface area contributed by atoms with Crippen LogP contribution in [0.1, 0.15) is 62.1 Å². The van der Waals surface area contributed by atoms with E-state index in [1.54, 1.807) is 0 Å². The Morgan fingerprint density at radius 2 is 1.74 bits per heavy atom. The molecule has 1 aromatic rings. The fourth-order valence-corrected chi connectivity index (χ4v) is 6.74. The number of benzene rings is 1. The molecular formula is C26H38N4O3S. The highest BCUT2D eigenvalue weighted by molar-refractivity contribution is 8.00. The monoisotopic (exact) mass is 486 g/mol. The zero-order valence-corrected chi connectivity index (χ0v) is 21.6. The molecule has 2 saturated heterocycles. The van der Waals surface area contributed by atoms with Crippen molar-refractivity contribution in [1.29, 1.82) is 0 Å². The number of hydrogen-bond donors (Lipinski definition) is 1. The van der Waals surface area contributed by atoms with Crippen LogP contribution < -0.4 is 5.32 Å². The smallest absolute Gasteiger partial charge is 0.285 e. The van der Waals surface area contributed by atoms with E-state index >= 15 is 0 Å². The van der Waals surface area contributed by atoms with Gasteiger partial charge in [0.2, 0.25) is 5.91 Å². The number of carbonyl (C=O) groups is 1. The van der Waals surface area contributed by atoms with Crippen molar-refractivity contribution in [3.8, 4) is 0 Å². The SMILES string of the molecule is CC1=C(c2ccc(C)c(C)c2)S(=O)(=O)N=C1N1CCC(C(=O)NCCCN2CCCCC2)CC1. The molecule has 3 heterocycles. The summed E-state index contributed by atoms with van der Waals surface area (Å²) in [5.41, 5.74) is 3.58. The van der Waals surface area contributed by atoms with Gasteiger partial charge in [0.15, 0.2) is 0 Å². The van der Waals surface area contributed by atoms with Crippen LogP contribution in [0.2, 0.25) is 0 Å². The van der Waals surface area contributed by atoms with Gasteiger partial charge in [-0.25, -0.2) is 0 Å². The second kappa shape index (κ2) is 10.6. The first-order chi connectivity index (χ1) is 16.3. The molecule has 3 aliphatic heterocycles. The minimum absolute atomic E-state index is 0.0200. The molecule has 2 fully saturated rings. The topological polar surface area (TPSA) is 82.1 Å². The average molecular weight is 487 g/mol. The molecular weight excluding hydrogens is 448 g/mol. The van der Waals surface area contributed by atoms with Gasteiger partial charge in [-0.3, -0.25) is 4.79 Å². The van der Waals surface area contributed by atoms with Crippen LogP contribution in [0.15, 0.2) is 28.2 Å². The summed E-state index contributed by atoms with van der Waals surface area (Å²) in [6, 6.07) is 5.74. The van der Waals surface area contributed by atoms with E-state index in [4.69, 9.17) is 0 Å². The van der Waals surface area contributed by atoms with Gasteiger partial charge in [-0.15, -0.1) is 4.40 Å². The molecule has 0 saturated carbocycles. The van der Waals surface area contributed by atoms with E-state index in [-0.39, 0.29) is 11.8 Å². The Morgan fingerprint density at radius 3 is 2.41 bits per heavy atom. The molecule has 0 unspecified atom stereocenters. The molecule has 186 valence electrons. The number of nitrogens with zero attached hydrogens (tertiary/aromatic N) is 3. The highest BCUT2D eigenvalue weighted by atomic mass is 32.2. The lowest BCUT2D eigenvalue weighted by Crippen LogP contribution is -2.43. The van der Waals surface area contributed by atoms with Crippen molar-refractivity contribution in [2.75, 3.05) is 39.3 Å². The molecule has 8 heteroatoms. The number of carbonyl (C=O) groups excluding carboxylic acids is 1. The van der Waals surface area contributed by atoms with Crippen LogP contribution in [0.4, 0.5) is 0 Å². The number of amides is 1. The molecule has 34 heavy (non-hydrogen) atoms. The van der Waals surface area contributed by atoms with Gasteiger partial charge in [0.05, 0.1) is 0 Å². The third kappa shape index (κ3) is 5.54. The largest absolute Gasteiger partial charge is 0.356 e. The molecule has 4 rings (SSSR count). The molecule has 0 bridgehead atoms. The predicted octanol–water partition coefficient (Wildman–Crippen LogP) is 3.48. The van der Waals surface area contributed by atoms with E-state index in [1.165, 1.54) is 32.4 Å². The molecule has 1 amide bonds. The van der Waals surface area contributed by atoms with Gasteiger partial charge in [-0.1, -0.05) is 24.6 Å². The molecule has 0 aliphatic carbocycles. The molecule has 0 spiro atoms. The lowest BCUT2D eigenvalue weighted by Gasteiger charge is -2.33. The standard InChI is InChI=1S/C26H38N4O3S/c1-19-8-9-23(18-20(19)2)24-21(3)25(28-34(24,32)33)30-16-10-22(11-17-30)26(31)27-12-7-15-29-13-5-4-6-14-29/h8-9,18,22H,4-7,10-17H2,1-3H3,(H,27,31). The van der Waals surface area contributed by atoms with Crippen LogP contribution in [0, 0.1) is 19.8 Å². The van der Waals surface area contributed by atoms with Crippen LogP contribution in [0.5, 0.6) is 0 Å². The minimum atomic E-state index is -3.73. The van der Waals surface area contributed by atoms with Gasteiger partial charge >= 0.3 is 0 Å². The Hall–Kier alpha value is -2.19. The van der Waals surface area contributed by atoms with Gasteiger partial charge in [-0.05, 0) is 89.2 Å². The number of aryl methyl sites for hydroxylation is 2. The minimum Gasteiger partial charge on any atom is -0.356 e. The van der Waals surface area contributed by atoms with Crippen molar-refractivity contribution >= 4 is 26.7 Å². The van der Waals surface area contributed by atoms with Crippen molar-refractivity contribution < 1.29 is 13.2 Å². The van der Waals surface area contributed by atoms with Crippen molar-refractivity contribution in [2.45, 2.75) is 59.3 Å². The summed E-state index contributed by atoms with van der Waals surface area (Å²) in [5.74, 6) is 0.643. The molecule has 0 radical (unpaired) electrons. The Bertz CT molecular complexity index is 1080. The fraction of sp³-hybridized carbons (Fsp3) is 0.615. The first-order valence-corrected chi connectivity index (χ1v) is 14.1. The number of piperidine rings is 2. The van der Waals surface area contributed by atoms with Gasteiger partial charge in [0.1, 0.15) is 10.7 Å². The zero-order chi connectivity index (χ0) is 24.3. The third-order valence-corrected chi connectivity index (χ3v) is 8.95. The second-order valence-electron chi connectivity index (χ2n) is 9.95. The number of amidine groups is 1. The molecule has 1 aromatic carbocycles. The van der Waals surface area contributed by atoms with Crippen molar-refractivity contribution in [1.82, 2.24) is 15.1 Å². The summed E-state index contributed by atoms with van der Waals surface area (Å²) >= 11 is 0. The van der Waals surface area contributed by atoms with E-state index < -0.39 is 10.0 Å². The lowest BCUT2D eigenvalue weighted by atomic mass is 9.95. The highest BCUT2D eigenvalue weighted by Crippen LogP contribution is 2.35. The Labute approximate surface area is 204 Å². The summed E-state index contributed by atoms with van der Waals surface area (Å²) in [5, 5.41) is 3.12. The van der Waals surface area contributed by atoms with Gasteiger partial charge < -0.3 is 15.1 Å². The van der Waals surface area contributed by atoms with Crippen LogP contribution in [-0.4, -0.2) is 69.2 Å². The molecule has 0 atom stereocenters. The van der Waals surface area contributed by atoms with E-state index in [2.05, 4.69) is 14.6 Å². The first-order valence-electron chi connectivity index (χ1n) is 12.6. The average Bonchev–Trinajstić information content (AvgIpc) is 3.07. The van der Waals surface area contributed by atoms with E-state index in [0.29, 0.717) is 47.8 Å². The highest BCUT2D eigenvalue weighted by Gasteiger charge is 2.35. The summed E-state index contributed by atoms with van der Waals surface area (Å²) in [4.78, 5) is 17.5. The number of rotatable bonds is 6. The number of likely N-dealkylation sites (tertiary alicyclic amines) is 2. The predicted molar refractivity (Wildman–Crippen MR) is 137 cm³/mol. The molecule has 1 N–H and O–H groups in total. The first kappa shape index (κ1) is 24.9. The zero-order valence-electron chi connectivity index (χ0n) is 20.8. The maximum absolute atomic E-state index is 12.9. The second-order valence-corrected chi connectivity index (χ2v) is 11.5. The van der Waals surface area contributed by atoms with Crippen molar-refractivity contribution in [3.63, 3.8) is 0 Å². The van der Waals surface area contributed by atoms with Crippen molar-refractivity contribution in [2.24, 2.45) is 10.3 Å². The number of hydrogen-bond acceptors (Lipinski definition) is 5. The van der Waals surface area contributed by atoms with Crippen LogP contribution in [-0.2, 0) is 14.8 Å². The van der Waals surface area contributed by atoms with E-state index in [1.807, 2.05) is 43.9 Å². The van der Waals surface area contributed by atoms with Crippen LogP contribution in [0.3, 0.4) is 0 Å². The van der Waals surface area contributed by atoms with Gasteiger partial charge in [0.25, 0.3) is 10.0 Å². The van der Waals surface area contributed by atoms with E-state index in [9.17, 15) is 13.2 Å². The Balaban J connectivity index is 1.31. The maximum atomic E-state index is 12.9. The quantitative estimate of drug-likeness (QED) is 0.623. The normalized spacial score (nSPS) is 21.6. The maximum Gasteiger partial charge on any atom is 0.285 e. The van der Waals surface area contributed by atoms with Crippen molar-refractivity contribution in [3.05, 3.63) is 40.5 Å². The Kier molecular flexibility index (Phi) is 7.77. The summed E-state index contributed by atoms with van der Waals surface area (Å²) in [6.45, 7) is 11.3. The number of nitrogens with one attached hydrogen (secondary N) is 1.